The molecule has 29 heavy (non-hydrogen) atoms. The minimum atomic E-state index is -0.856. The molecule has 1 fully saturated rings. The molecule has 2 aromatic rings. The molecule has 0 amide bonds. The zero-order valence-corrected chi connectivity index (χ0v) is 16.9. The van der Waals surface area contributed by atoms with E-state index in [0.29, 0.717) is 18.4 Å². The molecule has 2 atom stereocenters. The lowest BCUT2D eigenvalue weighted by atomic mass is 10.1. The maximum absolute atomic E-state index is 12.3. The molecule has 0 N–H and O–H groups in total. The molecule has 8 nitrogen and oxygen atoms in total. The summed E-state index contributed by atoms with van der Waals surface area (Å²) in [6.07, 6.45) is 0.0947. The number of benzene rings is 1. The predicted octanol–water partition coefficient (Wildman–Crippen LogP) is 2.46. The van der Waals surface area contributed by atoms with Crippen molar-refractivity contribution in [2.24, 2.45) is 0 Å². The molecule has 1 aliphatic heterocycles. The van der Waals surface area contributed by atoms with Crippen molar-refractivity contribution in [2.75, 3.05) is 7.11 Å². The van der Waals surface area contributed by atoms with Crippen LogP contribution < -0.4 is 0 Å². The summed E-state index contributed by atoms with van der Waals surface area (Å²) in [7, 11) is 1.37. The monoisotopic (exact) mass is 400 g/mol. The van der Waals surface area contributed by atoms with Crippen LogP contribution in [0.1, 0.15) is 47.1 Å². The zero-order chi connectivity index (χ0) is 21.1. The molecule has 0 aliphatic carbocycles. The van der Waals surface area contributed by atoms with E-state index in [4.69, 9.17) is 14.2 Å². The first kappa shape index (κ1) is 20.6. The van der Waals surface area contributed by atoms with Gasteiger partial charge in [0, 0.05) is 18.5 Å². The lowest BCUT2D eigenvalue weighted by Gasteiger charge is -2.09. The van der Waals surface area contributed by atoms with Gasteiger partial charge in [0.2, 0.25) is 6.10 Å². The summed E-state index contributed by atoms with van der Waals surface area (Å²) in [5.41, 5.74) is 3.87. The van der Waals surface area contributed by atoms with E-state index in [1.807, 2.05) is 13.8 Å². The SMILES string of the molecule is COC(=O)CCc1c(C)nn(-c2ccc(C(=O)OC3CC(C)OC3=O)cc2)c1C. The van der Waals surface area contributed by atoms with Crippen molar-refractivity contribution in [1.29, 1.82) is 0 Å². The van der Waals surface area contributed by atoms with Gasteiger partial charge in [0.05, 0.1) is 24.1 Å². The number of carbonyl (C=O) groups is 3. The third-order valence-electron chi connectivity index (χ3n) is 4.97. The molecule has 1 saturated heterocycles. The Morgan fingerprint density at radius 3 is 2.52 bits per heavy atom. The molecule has 0 saturated carbocycles. The summed E-state index contributed by atoms with van der Waals surface area (Å²) >= 11 is 0. The van der Waals surface area contributed by atoms with Gasteiger partial charge in [-0.3, -0.25) is 4.79 Å². The highest BCUT2D eigenvalue weighted by Crippen LogP contribution is 2.22. The van der Waals surface area contributed by atoms with Crippen LogP contribution in [0.4, 0.5) is 0 Å². The van der Waals surface area contributed by atoms with Gasteiger partial charge in [0.25, 0.3) is 0 Å². The van der Waals surface area contributed by atoms with Crippen molar-refractivity contribution in [3.05, 3.63) is 46.8 Å². The Balaban J connectivity index is 1.72. The summed E-state index contributed by atoms with van der Waals surface area (Å²) in [5, 5.41) is 4.55. The summed E-state index contributed by atoms with van der Waals surface area (Å²) in [5.74, 6) is -1.34. The number of rotatable bonds is 6. The largest absolute Gasteiger partial charge is 0.469 e. The van der Waals surface area contributed by atoms with Crippen LogP contribution in [0.2, 0.25) is 0 Å². The lowest BCUT2D eigenvalue weighted by molar-refractivity contribution is -0.147. The Bertz CT molecular complexity index is 931. The van der Waals surface area contributed by atoms with Crippen molar-refractivity contribution in [2.45, 2.75) is 52.2 Å². The minimum Gasteiger partial charge on any atom is -0.469 e. The maximum atomic E-state index is 12.3. The maximum Gasteiger partial charge on any atom is 0.347 e. The van der Waals surface area contributed by atoms with Crippen molar-refractivity contribution >= 4 is 17.9 Å². The number of aryl methyl sites for hydroxylation is 1. The topological polar surface area (TPSA) is 96.7 Å². The first-order valence-corrected chi connectivity index (χ1v) is 9.44. The van der Waals surface area contributed by atoms with E-state index < -0.39 is 18.0 Å². The molecule has 1 aliphatic rings. The molecule has 1 aromatic heterocycles. The number of ether oxygens (including phenoxy) is 3. The molecule has 0 bridgehead atoms. The van der Waals surface area contributed by atoms with Gasteiger partial charge in [-0.25, -0.2) is 14.3 Å². The van der Waals surface area contributed by atoms with E-state index in [2.05, 4.69) is 5.10 Å². The van der Waals surface area contributed by atoms with E-state index in [1.54, 1.807) is 35.9 Å². The smallest absolute Gasteiger partial charge is 0.347 e. The fourth-order valence-electron chi connectivity index (χ4n) is 3.37. The number of hydrogen-bond donors (Lipinski definition) is 0. The number of methoxy groups -OCH3 is 1. The zero-order valence-electron chi connectivity index (χ0n) is 16.9. The molecule has 154 valence electrons. The van der Waals surface area contributed by atoms with Gasteiger partial charge >= 0.3 is 17.9 Å². The summed E-state index contributed by atoms with van der Waals surface area (Å²) in [4.78, 5) is 35.4. The fourth-order valence-corrected chi connectivity index (χ4v) is 3.37. The first-order valence-electron chi connectivity index (χ1n) is 9.44. The van der Waals surface area contributed by atoms with Gasteiger partial charge in [-0.15, -0.1) is 0 Å². The predicted molar refractivity (Wildman–Crippen MR) is 103 cm³/mol. The summed E-state index contributed by atoms with van der Waals surface area (Å²) in [6, 6.07) is 6.78. The number of cyclic esters (lactones) is 1. The van der Waals surface area contributed by atoms with Crippen LogP contribution in [-0.4, -0.2) is 47.0 Å². The van der Waals surface area contributed by atoms with Crippen molar-refractivity contribution in [3.63, 3.8) is 0 Å². The van der Waals surface area contributed by atoms with Gasteiger partial charge in [0.15, 0.2) is 0 Å². The van der Waals surface area contributed by atoms with E-state index >= 15 is 0 Å². The fraction of sp³-hybridized carbons (Fsp3) is 0.429. The number of hydrogen-bond acceptors (Lipinski definition) is 7. The van der Waals surface area contributed by atoms with Gasteiger partial charge in [0.1, 0.15) is 6.10 Å². The Morgan fingerprint density at radius 2 is 1.93 bits per heavy atom. The molecule has 1 aromatic carbocycles. The van der Waals surface area contributed by atoms with Crippen molar-refractivity contribution < 1.29 is 28.6 Å². The normalized spacial score (nSPS) is 18.4. The number of aromatic nitrogens is 2. The summed E-state index contributed by atoms with van der Waals surface area (Å²) < 4.78 is 16.7. The van der Waals surface area contributed by atoms with Crippen LogP contribution in [0.15, 0.2) is 24.3 Å². The molecular weight excluding hydrogens is 376 g/mol. The van der Waals surface area contributed by atoms with E-state index in [1.165, 1.54) is 7.11 Å². The van der Waals surface area contributed by atoms with Crippen molar-refractivity contribution in [1.82, 2.24) is 9.78 Å². The Labute approximate surface area is 168 Å². The van der Waals surface area contributed by atoms with Gasteiger partial charge < -0.3 is 14.2 Å². The van der Waals surface area contributed by atoms with Crippen molar-refractivity contribution in [3.8, 4) is 5.69 Å². The van der Waals surface area contributed by atoms with E-state index in [0.717, 1.165) is 22.6 Å². The van der Waals surface area contributed by atoms with Crippen LogP contribution in [-0.2, 0) is 30.2 Å². The average molecular weight is 400 g/mol. The molecule has 0 radical (unpaired) electrons. The van der Waals surface area contributed by atoms with Gasteiger partial charge in [-0.1, -0.05) is 0 Å². The molecule has 8 heteroatoms. The number of nitrogens with zero attached hydrogens (tertiary/aromatic N) is 2. The van der Waals surface area contributed by atoms with Crippen LogP contribution >= 0.6 is 0 Å². The van der Waals surface area contributed by atoms with Crippen LogP contribution in [0.25, 0.3) is 5.69 Å². The van der Waals surface area contributed by atoms with Gasteiger partial charge in [-0.2, -0.15) is 5.10 Å². The molecule has 3 rings (SSSR count). The standard InChI is InChI=1S/C21H24N2O6/c1-12-11-18(21(26)28-12)29-20(25)15-5-7-16(8-6-15)23-14(3)17(13(2)22-23)9-10-19(24)27-4/h5-8,12,18H,9-11H2,1-4H3. The molecular formula is C21H24N2O6. The molecule has 2 heterocycles. The van der Waals surface area contributed by atoms with E-state index in [-0.39, 0.29) is 18.5 Å². The highest BCUT2D eigenvalue weighted by Gasteiger charge is 2.35. The highest BCUT2D eigenvalue weighted by molar-refractivity contribution is 5.92. The highest BCUT2D eigenvalue weighted by atomic mass is 16.6. The second-order valence-electron chi connectivity index (χ2n) is 7.06. The second-order valence-corrected chi connectivity index (χ2v) is 7.06. The minimum absolute atomic E-state index is 0.248. The quantitative estimate of drug-likeness (QED) is 0.543. The Hall–Kier alpha value is -3.16. The molecule has 2 unspecified atom stereocenters. The third-order valence-corrected chi connectivity index (χ3v) is 4.97. The van der Waals surface area contributed by atoms with Crippen LogP contribution in [0.5, 0.6) is 0 Å². The third kappa shape index (κ3) is 4.47. The van der Waals surface area contributed by atoms with Gasteiger partial charge in [-0.05, 0) is 57.0 Å². The Kier molecular flexibility index (Phi) is 6.00. The summed E-state index contributed by atoms with van der Waals surface area (Å²) in [6.45, 7) is 5.58. The average Bonchev–Trinajstić information content (AvgIpc) is 3.17. The lowest BCUT2D eigenvalue weighted by Crippen LogP contribution is -2.22. The number of carbonyl (C=O) groups excluding carboxylic acids is 3. The first-order chi connectivity index (χ1) is 13.8. The Morgan fingerprint density at radius 1 is 1.24 bits per heavy atom. The molecule has 0 spiro atoms. The van der Waals surface area contributed by atoms with Crippen LogP contribution in [0, 0.1) is 13.8 Å². The number of esters is 3. The van der Waals surface area contributed by atoms with E-state index in [9.17, 15) is 14.4 Å². The second kappa shape index (κ2) is 8.46. The van der Waals surface area contributed by atoms with Crippen LogP contribution in [0.3, 0.4) is 0 Å².